The van der Waals surface area contributed by atoms with Gasteiger partial charge in [-0.1, -0.05) is 30.3 Å². The first-order valence-electron chi connectivity index (χ1n) is 9.63. The first kappa shape index (κ1) is 23.0. The number of amides is 2. The molecule has 2 amide bonds. The predicted octanol–water partition coefficient (Wildman–Crippen LogP) is 3.72. The summed E-state index contributed by atoms with van der Waals surface area (Å²) in [5.74, 6) is -2.16. The lowest BCUT2D eigenvalue weighted by Gasteiger charge is -2.16. The molecule has 32 heavy (non-hydrogen) atoms. The van der Waals surface area contributed by atoms with Gasteiger partial charge in [0, 0.05) is 11.9 Å². The highest BCUT2D eigenvalue weighted by atomic mass is 32.1. The summed E-state index contributed by atoms with van der Waals surface area (Å²) < 4.78 is 24.2. The summed E-state index contributed by atoms with van der Waals surface area (Å²) in [4.78, 5) is 39.3. The summed E-state index contributed by atoms with van der Waals surface area (Å²) in [6.45, 7) is -0.450. The van der Waals surface area contributed by atoms with Crippen molar-refractivity contribution in [3.8, 4) is 5.75 Å². The molecule has 0 spiro atoms. The van der Waals surface area contributed by atoms with Crippen molar-refractivity contribution in [2.24, 2.45) is 0 Å². The number of carbonyl (C=O) groups excluding carboxylic acids is 3. The molecule has 0 aliphatic rings. The Morgan fingerprint density at radius 1 is 1.00 bits per heavy atom. The third-order valence-electron chi connectivity index (χ3n) is 4.34. The monoisotopic (exact) mass is 456 g/mol. The predicted molar refractivity (Wildman–Crippen MR) is 118 cm³/mol. The molecule has 0 atom stereocenters. The number of nitrogens with one attached hydrogen (secondary N) is 1. The number of rotatable bonds is 9. The van der Waals surface area contributed by atoms with Crippen LogP contribution in [0, 0.1) is 5.82 Å². The van der Waals surface area contributed by atoms with E-state index in [9.17, 15) is 18.8 Å². The van der Waals surface area contributed by atoms with Gasteiger partial charge in [-0.15, -0.1) is 11.3 Å². The Hall–Kier alpha value is -3.72. The van der Waals surface area contributed by atoms with Gasteiger partial charge in [-0.25, -0.2) is 9.18 Å². The number of para-hydroxylation sites is 2. The molecule has 3 aromatic rings. The van der Waals surface area contributed by atoms with E-state index >= 15 is 0 Å². The Bertz CT molecular complexity index is 1090. The molecular weight excluding hydrogens is 435 g/mol. The molecular formula is C23H21FN2O5S. The van der Waals surface area contributed by atoms with Crippen LogP contribution in [0.15, 0.2) is 66.0 Å². The van der Waals surface area contributed by atoms with Crippen LogP contribution in [0.25, 0.3) is 0 Å². The van der Waals surface area contributed by atoms with Crippen molar-refractivity contribution in [2.45, 2.75) is 6.54 Å². The molecule has 1 heterocycles. The summed E-state index contributed by atoms with van der Waals surface area (Å²) in [5.41, 5.74) is 0.0962. The van der Waals surface area contributed by atoms with Crippen LogP contribution >= 0.6 is 11.3 Å². The summed E-state index contributed by atoms with van der Waals surface area (Å²) in [6.07, 6.45) is 0. The molecule has 0 aliphatic carbocycles. The normalized spacial score (nSPS) is 10.3. The fraction of sp³-hybridized carbons (Fsp3) is 0.174. The smallest absolute Gasteiger partial charge is 0.342 e. The Morgan fingerprint density at radius 3 is 2.50 bits per heavy atom. The van der Waals surface area contributed by atoms with E-state index in [1.54, 1.807) is 25.2 Å². The number of halogens is 1. The number of hydrogen-bond acceptors (Lipinski definition) is 6. The van der Waals surface area contributed by atoms with Crippen molar-refractivity contribution in [1.82, 2.24) is 4.90 Å². The van der Waals surface area contributed by atoms with Gasteiger partial charge in [-0.2, -0.15) is 0 Å². The lowest BCUT2D eigenvalue weighted by Crippen LogP contribution is -2.30. The van der Waals surface area contributed by atoms with E-state index in [0.717, 1.165) is 4.88 Å². The van der Waals surface area contributed by atoms with Gasteiger partial charge in [0.25, 0.3) is 11.8 Å². The van der Waals surface area contributed by atoms with Gasteiger partial charge in [0.2, 0.25) is 0 Å². The zero-order valence-corrected chi connectivity index (χ0v) is 18.1. The number of benzene rings is 2. The Morgan fingerprint density at radius 2 is 1.75 bits per heavy atom. The Kier molecular flexibility index (Phi) is 7.93. The van der Waals surface area contributed by atoms with Gasteiger partial charge >= 0.3 is 5.97 Å². The second-order valence-corrected chi connectivity index (χ2v) is 7.75. The number of thiophene rings is 1. The number of hydrogen-bond donors (Lipinski definition) is 1. The zero-order chi connectivity index (χ0) is 22.9. The molecule has 0 saturated carbocycles. The zero-order valence-electron chi connectivity index (χ0n) is 17.2. The average Bonchev–Trinajstić information content (AvgIpc) is 3.30. The SMILES string of the molecule is CN(Cc1cccs1)C(=O)COC(=O)c1ccccc1OCC(=O)Nc1ccccc1F. The van der Waals surface area contributed by atoms with Crippen LogP contribution in [-0.4, -0.2) is 42.9 Å². The third kappa shape index (κ3) is 6.39. The van der Waals surface area contributed by atoms with E-state index in [1.165, 1.54) is 46.6 Å². The van der Waals surface area contributed by atoms with Gasteiger partial charge in [-0.3, -0.25) is 9.59 Å². The summed E-state index contributed by atoms with van der Waals surface area (Å²) in [7, 11) is 1.63. The van der Waals surface area contributed by atoms with Crippen LogP contribution in [0.1, 0.15) is 15.2 Å². The maximum atomic E-state index is 13.6. The van der Waals surface area contributed by atoms with Crippen molar-refractivity contribution in [3.63, 3.8) is 0 Å². The van der Waals surface area contributed by atoms with E-state index in [2.05, 4.69) is 5.32 Å². The highest BCUT2D eigenvalue weighted by Gasteiger charge is 2.18. The first-order valence-corrected chi connectivity index (χ1v) is 10.5. The van der Waals surface area contributed by atoms with Crippen LogP contribution in [0.5, 0.6) is 5.75 Å². The van der Waals surface area contributed by atoms with Crippen molar-refractivity contribution in [1.29, 1.82) is 0 Å². The van der Waals surface area contributed by atoms with E-state index < -0.39 is 30.9 Å². The molecule has 0 aliphatic heterocycles. The van der Waals surface area contributed by atoms with Crippen LogP contribution < -0.4 is 10.1 Å². The van der Waals surface area contributed by atoms with Crippen molar-refractivity contribution >= 4 is 34.8 Å². The van der Waals surface area contributed by atoms with Crippen molar-refractivity contribution in [2.75, 3.05) is 25.6 Å². The van der Waals surface area contributed by atoms with Gasteiger partial charge in [0.05, 0.1) is 12.2 Å². The van der Waals surface area contributed by atoms with Gasteiger partial charge in [0.1, 0.15) is 17.1 Å². The quantitative estimate of drug-likeness (QED) is 0.496. The highest BCUT2D eigenvalue weighted by Crippen LogP contribution is 2.20. The molecule has 0 unspecified atom stereocenters. The third-order valence-corrected chi connectivity index (χ3v) is 5.20. The summed E-state index contributed by atoms with van der Waals surface area (Å²) >= 11 is 1.53. The number of nitrogens with zero attached hydrogens (tertiary/aromatic N) is 1. The van der Waals surface area contributed by atoms with Crippen LogP contribution in [0.2, 0.25) is 0 Å². The number of carbonyl (C=O) groups is 3. The first-order chi connectivity index (χ1) is 15.4. The minimum Gasteiger partial charge on any atom is -0.483 e. The number of anilines is 1. The Balaban J connectivity index is 1.53. The molecule has 166 valence electrons. The molecule has 9 heteroatoms. The minimum absolute atomic E-state index is 0.0268. The second-order valence-electron chi connectivity index (χ2n) is 6.72. The standard InChI is InChI=1S/C23H21FN2O5S/c1-26(13-16-7-6-12-32-16)22(28)15-31-23(29)17-8-2-5-11-20(17)30-14-21(27)25-19-10-4-3-9-18(19)24/h2-12H,13-15H2,1H3,(H,25,27). The van der Waals surface area contributed by atoms with E-state index in [4.69, 9.17) is 9.47 Å². The molecule has 7 nitrogen and oxygen atoms in total. The fourth-order valence-corrected chi connectivity index (χ4v) is 3.45. The average molecular weight is 456 g/mol. The molecule has 2 aromatic carbocycles. The largest absolute Gasteiger partial charge is 0.483 e. The van der Waals surface area contributed by atoms with Gasteiger partial charge in [0.15, 0.2) is 13.2 Å². The molecule has 0 saturated heterocycles. The second kappa shape index (κ2) is 11.1. The van der Waals surface area contributed by atoms with E-state index in [-0.39, 0.29) is 22.9 Å². The number of ether oxygens (including phenoxy) is 2. The molecule has 3 rings (SSSR count). The van der Waals surface area contributed by atoms with Crippen molar-refractivity contribution in [3.05, 3.63) is 82.3 Å². The minimum atomic E-state index is -0.756. The van der Waals surface area contributed by atoms with Crippen LogP contribution in [-0.2, 0) is 20.9 Å². The van der Waals surface area contributed by atoms with Crippen molar-refractivity contribution < 1.29 is 28.2 Å². The molecule has 0 bridgehead atoms. The van der Waals surface area contributed by atoms with E-state index in [1.807, 2.05) is 17.5 Å². The summed E-state index contributed by atoms with van der Waals surface area (Å²) in [5, 5.41) is 4.31. The fourth-order valence-electron chi connectivity index (χ4n) is 2.69. The van der Waals surface area contributed by atoms with Gasteiger partial charge in [-0.05, 0) is 35.7 Å². The van der Waals surface area contributed by atoms with Gasteiger partial charge < -0.3 is 19.7 Å². The summed E-state index contributed by atoms with van der Waals surface area (Å²) in [6, 6.07) is 15.7. The van der Waals surface area contributed by atoms with Crippen LogP contribution in [0.4, 0.5) is 10.1 Å². The lowest BCUT2D eigenvalue weighted by atomic mass is 10.2. The topological polar surface area (TPSA) is 84.9 Å². The van der Waals surface area contributed by atoms with Crippen LogP contribution in [0.3, 0.4) is 0 Å². The number of esters is 1. The lowest BCUT2D eigenvalue weighted by molar-refractivity contribution is -0.133. The molecule has 1 aromatic heterocycles. The maximum absolute atomic E-state index is 13.6. The Labute approximate surface area is 188 Å². The molecule has 1 N–H and O–H groups in total. The maximum Gasteiger partial charge on any atom is 0.342 e. The highest BCUT2D eigenvalue weighted by molar-refractivity contribution is 7.09. The molecule has 0 radical (unpaired) electrons. The number of likely N-dealkylation sites (N-methyl/N-ethyl adjacent to an activating group) is 1. The molecule has 0 fully saturated rings. The van der Waals surface area contributed by atoms with E-state index in [0.29, 0.717) is 6.54 Å².